The van der Waals surface area contributed by atoms with Gasteiger partial charge in [0, 0.05) is 0 Å². The fraction of sp³-hybridized carbons (Fsp3) is 0.379. The Hall–Kier alpha value is -2.34. The van der Waals surface area contributed by atoms with Gasteiger partial charge in [0.2, 0.25) is 0 Å². The van der Waals surface area contributed by atoms with Gasteiger partial charge >= 0.3 is 0 Å². The minimum Gasteiger partial charge on any atom is -0.0683 e. The Morgan fingerprint density at radius 3 is 1.03 bits per heavy atom. The molecule has 0 saturated carbocycles. The van der Waals surface area contributed by atoms with E-state index in [0.717, 1.165) is 0 Å². The largest absolute Gasteiger partial charge is 0.0683 e. The highest BCUT2D eigenvalue weighted by molar-refractivity contribution is 5.36. The Kier molecular flexibility index (Phi) is 12.7. The van der Waals surface area contributed by atoms with E-state index in [1.807, 2.05) is 13.8 Å². The molecule has 0 heterocycles. The highest BCUT2D eigenvalue weighted by Gasteiger charge is 1.96. The van der Waals surface area contributed by atoms with E-state index in [-0.39, 0.29) is 0 Å². The first-order valence-corrected chi connectivity index (χ1v) is 10.7. The van der Waals surface area contributed by atoms with Gasteiger partial charge in [-0.3, -0.25) is 0 Å². The van der Waals surface area contributed by atoms with E-state index in [1.165, 1.54) is 50.1 Å². The molecule has 0 fully saturated rings. The molecule has 29 heavy (non-hydrogen) atoms. The van der Waals surface area contributed by atoms with Crippen LogP contribution in [0.25, 0.3) is 0 Å². The normalized spacial score (nSPS) is 9.21. The molecule has 0 spiro atoms. The Labute approximate surface area is 181 Å². The number of hydrogen-bond donors (Lipinski definition) is 0. The van der Waals surface area contributed by atoms with Crippen molar-refractivity contribution in [1.29, 1.82) is 0 Å². The molecule has 0 bridgehead atoms. The molecule has 0 heteroatoms. The van der Waals surface area contributed by atoms with Crippen LogP contribution in [0.5, 0.6) is 0 Å². The summed E-state index contributed by atoms with van der Waals surface area (Å²) < 4.78 is 0. The van der Waals surface area contributed by atoms with Gasteiger partial charge in [-0.2, -0.15) is 0 Å². The van der Waals surface area contributed by atoms with E-state index in [2.05, 4.69) is 117 Å². The molecule has 0 atom stereocenters. The summed E-state index contributed by atoms with van der Waals surface area (Å²) in [6, 6.07) is 19.4. The Bertz CT molecular complexity index is 808. The minimum absolute atomic E-state index is 1.33. The molecule has 0 aromatic heterocycles. The Morgan fingerprint density at radius 2 is 0.690 bits per heavy atom. The van der Waals surface area contributed by atoms with Crippen LogP contribution >= 0.6 is 0 Å². The fourth-order valence-electron chi connectivity index (χ4n) is 2.78. The third kappa shape index (κ3) is 10.7. The molecule has 0 amide bonds. The van der Waals surface area contributed by atoms with Crippen molar-refractivity contribution in [3.63, 3.8) is 0 Å². The fourth-order valence-corrected chi connectivity index (χ4v) is 2.78. The first kappa shape index (κ1) is 26.7. The lowest BCUT2D eigenvalue weighted by atomic mass is 10.0. The van der Waals surface area contributed by atoms with Gasteiger partial charge in [0.1, 0.15) is 0 Å². The second-order valence-corrected chi connectivity index (χ2v) is 7.77. The quantitative estimate of drug-likeness (QED) is 0.359. The van der Waals surface area contributed by atoms with E-state index in [4.69, 9.17) is 0 Å². The van der Waals surface area contributed by atoms with Crippen LogP contribution in [0.4, 0.5) is 0 Å². The molecular weight excluding hydrogens is 348 g/mol. The average molecular weight is 391 g/mol. The van der Waals surface area contributed by atoms with Crippen molar-refractivity contribution in [3.8, 4) is 0 Å². The van der Waals surface area contributed by atoms with Crippen molar-refractivity contribution in [1.82, 2.24) is 0 Å². The van der Waals surface area contributed by atoms with Crippen LogP contribution in [-0.4, -0.2) is 0 Å². The van der Waals surface area contributed by atoms with Crippen molar-refractivity contribution in [2.75, 3.05) is 0 Å². The van der Waals surface area contributed by atoms with Crippen LogP contribution in [0.3, 0.4) is 0 Å². The Balaban J connectivity index is 0.000000390. The zero-order valence-electron chi connectivity index (χ0n) is 20.7. The highest BCUT2D eigenvalue weighted by Crippen LogP contribution is 2.14. The lowest BCUT2D eigenvalue weighted by Gasteiger charge is -2.04. The molecule has 3 aromatic carbocycles. The lowest BCUT2D eigenvalue weighted by molar-refractivity contribution is 1.23. The van der Waals surface area contributed by atoms with Crippen molar-refractivity contribution in [2.45, 2.75) is 76.2 Å². The number of hydrogen-bond acceptors (Lipinski definition) is 0. The van der Waals surface area contributed by atoms with Crippen LogP contribution in [0, 0.1) is 62.3 Å². The van der Waals surface area contributed by atoms with E-state index < -0.39 is 0 Å². The number of benzene rings is 3. The second-order valence-electron chi connectivity index (χ2n) is 7.77. The molecule has 0 N–H and O–H groups in total. The predicted molar refractivity (Wildman–Crippen MR) is 133 cm³/mol. The molecule has 0 nitrogen and oxygen atoms in total. The molecule has 0 aliphatic heterocycles. The van der Waals surface area contributed by atoms with Gasteiger partial charge in [-0.15, -0.1) is 0 Å². The maximum atomic E-state index is 2.22. The zero-order valence-corrected chi connectivity index (χ0v) is 20.7. The van der Waals surface area contributed by atoms with E-state index in [9.17, 15) is 0 Å². The third-order valence-electron chi connectivity index (χ3n) is 4.95. The summed E-state index contributed by atoms with van der Waals surface area (Å²) >= 11 is 0. The van der Waals surface area contributed by atoms with Gasteiger partial charge in [-0.05, 0) is 90.1 Å². The first-order chi connectivity index (χ1) is 13.6. The van der Waals surface area contributed by atoms with Crippen molar-refractivity contribution in [2.24, 2.45) is 0 Å². The van der Waals surface area contributed by atoms with Crippen LogP contribution < -0.4 is 0 Å². The minimum atomic E-state index is 1.33. The van der Waals surface area contributed by atoms with Gasteiger partial charge in [0.15, 0.2) is 0 Å². The van der Waals surface area contributed by atoms with Crippen molar-refractivity contribution >= 4 is 0 Å². The van der Waals surface area contributed by atoms with Crippen molar-refractivity contribution < 1.29 is 0 Å². The maximum Gasteiger partial charge on any atom is -0.0392 e. The molecule has 0 saturated heterocycles. The standard InChI is InChI=1S/C10H14.C9H12.C8H10.C2H6/c1-7-5-8(2)10(4)9(3)6-7;1-7-4-5-8(2)9(3)6-7;1-7-3-5-8(2)6-4-7;1-2/h5-6H,1-4H3;4-6H,1-3H3;3-6H,1-2H3;1-2H3. The van der Waals surface area contributed by atoms with E-state index in [0.29, 0.717) is 0 Å². The highest BCUT2D eigenvalue weighted by atomic mass is 14.0. The zero-order chi connectivity index (χ0) is 22.6. The van der Waals surface area contributed by atoms with E-state index >= 15 is 0 Å². The van der Waals surface area contributed by atoms with Crippen LogP contribution in [-0.2, 0) is 0 Å². The van der Waals surface area contributed by atoms with Crippen LogP contribution in [0.2, 0.25) is 0 Å². The summed E-state index contributed by atoms with van der Waals surface area (Å²) in [7, 11) is 0. The second kappa shape index (κ2) is 13.8. The van der Waals surface area contributed by atoms with Crippen molar-refractivity contribution in [3.05, 3.63) is 105 Å². The van der Waals surface area contributed by atoms with Gasteiger partial charge in [-0.25, -0.2) is 0 Å². The maximum absolute atomic E-state index is 2.22. The summed E-state index contributed by atoms with van der Waals surface area (Å²) in [6.07, 6.45) is 0. The summed E-state index contributed by atoms with van der Waals surface area (Å²) in [5, 5.41) is 0. The monoisotopic (exact) mass is 390 g/mol. The number of rotatable bonds is 0. The molecule has 0 radical (unpaired) electrons. The summed E-state index contributed by atoms with van der Waals surface area (Å²) in [4.78, 5) is 0. The third-order valence-corrected chi connectivity index (χ3v) is 4.95. The first-order valence-electron chi connectivity index (χ1n) is 10.7. The molecule has 0 unspecified atom stereocenters. The topological polar surface area (TPSA) is 0 Å². The molecule has 3 aromatic rings. The molecule has 0 aliphatic carbocycles. The van der Waals surface area contributed by atoms with E-state index in [1.54, 1.807) is 0 Å². The Morgan fingerprint density at radius 1 is 0.345 bits per heavy atom. The van der Waals surface area contributed by atoms with Gasteiger partial charge in [0.25, 0.3) is 0 Å². The summed E-state index contributed by atoms with van der Waals surface area (Å²) in [5.74, 6) is 0. The van der Waals surface area contributed by atoms with Gasteiger partial charge in [0.05, 0.1) is 0 Å². The molecular formula is C29H42. The van der Waals surface area contributed by atoms with Crippen LogP contribution in [0.1, 0.15) is 63.9 Å². The van der Waals surface area contributed by atoms with Gasteiger partial charge < -0.3 is 0 Å². The summed E-state index contributed by atoms with van der Waals surface area (Å²) in [6.45, 7) is 23.2. The number of aryl methyl sites for hydroxylation is 8. The molecule has 158 valence electrons. The van der Waals surface area contributed by atoms with Crippen LogP contribution in [0.15, 0.2) is 54.6 Å². The molecule has 0 aliphatic rings. The smallest absolute Gasteiger partial charge is 0.0392 e. The average Bonchev–Trinajstić information content (AvgIpc) is 2.68. The van der Waals surface area contributed by atoms with Gasteiger partial charge in [-0.1, -0.05) is 90.7 Å². The lowest BCUT2D eigenvalue weighted by Crippen LogP contribution is -1.86. The SMILES string of the molecule is CC.Cc1cc(C)c(C)c(C)c1.Cc1ccc(C)c(C)c1.Cc1ccc(C)cc1. The predicted octanol–water partition coefficient (Wildman–Crippen LogP) is 8.86. The summed E-state index contributed by atoms with van der Waals surface area (Å²) in [5.41, 5.74) is 12.3. The molecule has 3 rings (SSSR count).